The summed E-state index contributed by atoms with van der Waals surface area (Å²) in [5.74, 6) is 1.17. The molecular weight excluding hydrogens is 268 g/mol. The molecule has 1 aromatic rings. The fourth-order valence-electron chi connectivity index (χ4n) is 1.91. The third kappa shape index (κ3) is 6.49. The van der Waals surface area contributed by atoms with Crippen LogP contribution in [0.25, 0.3) is 0 Å². The molecule has 0 aliphatic heterocycles. The van der Waals surface area contributed by atoms with Gasteiger partial charge in [-0.05, 0) is 45.7 Å². The second-order valence-corrected chi connectivity index (χ2v) is 6.24. The van der Waals surface area contributed by atoms with E-state index in [1.165, 1.54) is 0 Å². The van der Waals surface area contributed by atoms with Crippen LogP contribution in [-0.2, 0) is 11.2 Å². The molecule has 118 valence electrons. The molecule has 1 unspecified atom stereocenters. The van der Waals surface area contributed by atoms with Crippen molar-refractivity contribution < 1.29 is 14.3 Å². The average Bonchev–Trinajstić information content (AvgIpc) is 2.35. The quantitative estimate of drug-likeness (QED) is 0.840. The summed E-state index contributed by atoms with van der Waals surface area (Å²) in [7, 11) is 1.59. The Hall–Kier alpha value is -1.75. The molecule has 1 amide bonds. The molecule has 0 bridgehead atoms. The van der Waals surface area contributed by atoms with Gasteiger partial charge in [-0.15, -0.1) is 0 Å². The molecular formula is C16H26N2O3. The Morgan fingerprint density at radius 3 is 2.57 bits per heavy atom. The van der Waals surface area contributed by atoms with Crippen molar-refractivity contribution in [3.8, 4) is 11.5 Å². The normalized spacial score (nSPS) is 12.7. The number of methoxy groups -OCH3 is 1. The van der Waals surface area contributed by atoms with E-state index in [0.717, 1.165) is 5.56 Å². The topological polar surface area (TPSA) is 73.6 Å². The highest BCUT2D eigenvalue weighted by Crippen LogP contribution is 2.25. The van der Waals surface area contributed by atoms with Gasteiger partial charge in [-0.2, -0.15) is 0 Å². The smallest absolute Gasteiger partial charge is 0.258 e. The van der Waals surface area contributed by atoms with Crippen LogP contribution in [0.4, 0.5) is 0 Å². The summed E-state index contributed by atoms with van der Waals surface area (Å²) < 4.78 is 10.8. The van der Waals surface area contributed by atoms with Crippen molar-refractivity contribution in [3.05, 3.63) is 23.8 Å². The van der Waals surface area contributed by atoms with Crippen molar-refractivity contribution >= 4 is 5.91 Å². The minimum absolute atomic E-state index is 0.0177. The van der Waals surface area contributed by atoms with Crippen molar-refractivity contribution in [1.29, 1.82) is 0 Å². The molecule has 0 spiro atoms. The van der Waals surface area contributed by atoms with Crippen molar-refractivity contribution in [2.24, 2.45) is 5.73 Å². The second kappa shape index (κ2) is 7.31. The molecule has 0 radical (unpaired) electrons. The Balaban J connectivity index is 2.77. The monoisotopic (exact) mass is 294 g/mol. The number of amides is 1. The average molecular weight is 294 g/mol. The van der Waals surface area contributed by atoms with Gasteiger partial charge in [-0.3, -0.25) is 4.79 Å². The van der Waals surface area contributed by atoms with Crippen LogP contribution in [0.2, 0.25) is 0 Å². The van der Waals surface area contributed by atoms with E-state index in [1.54, 1.807) is 13.2 Å². The van der Waals surface area contributed by atoms with Crippen molar-refractivity contribution in [2.75, 3.05) is 13.7 Å². The largest absolute Gasteiger partial charge is 0.497 e. The third-order valence-corrected chi connectivity index (χ3v) is 2.69. The molecule has 1 rings (SSSR count). The predicted molar refractivity (Wildman–Crippen MR) is 83.7 cm³/mol. The maximum Gasteiger partial charge on any atom is 0.258 e. The van der Waals surface area contributed by atoms with Crippen LogP contribution < -0.4 is 20.5 Å². The summed E-state index contributed by atoms with van der Waals surface area (Å²) in [6, 6.07) is 5.57. The van der Waals surface area contributed by atoms with E-state index in [9.17, 15) is 4.79 Å². The summed E-state index contributed by atoms with van der Waals surface area (Å²) in [4.78, 5) is 11.8. The maximum atomic E-state index is 11.8. The lowest BCUT2D eigenvalue weighted by Crippen LogP contribution is -2.43. The minimum atomic E-state index is -0.274. The number of hydrogen-bond donors (Lipinski definition) is 2. The molecule has 5 nitrogen and oxygen atoms in total. The number of rotatable bonds is 6. The van der Waals surface area contributed by atoms with Gasteiger partial charge in [0.05, 0.1) is 7.11 Å². The van der Waals surface area contributed by atoms with E-state index in [0.29, 0.717) is 17.9 Å². The molecule has 0 aliphatic rings. The first-order valence-electron chi connectivity index (χ1n) is 7.07. The molecule has 0 saturated carbocycles. The maximum absolute atomic E-state index is 11.8. The molecule has 0 fully saturated rings. The molecule has 5 heteroatoms. The number of benzene rings is 1. The lowest BCUT2D eigenvalue weighted by molar-refractivity contribution is -0.124. The SMILES string of the molecule is COc1ccc(CC(C)N)c(OCC(=O)NC(C)(C)C)c1. The van der Waals surface area contributed by atoms with Crippen molar-refractivity contribution in [3.63, 3.8) is 0 Å². The molecule has 1 aromatic carbocycles. The van der Waals surface area contributed by atoms with Gasteiger partial charge in [0.15, 0.2) is 6.61 Å². The zero-order valence-electron chi connectivity index (χ0n) is 13.5. The molecule has 0 aromatic heterocycles. The summed E-state index contributed by atoms with van der Waals surface area (Å²) in [6.07, 6.45) is 0.681. The first-order chi connectivity index (χ1) is 9.71. The lowest BCUT2D eigenvalue weighted by atomic mass is 10.1. The Kier molecular flexibility index (Phi) is 6.03. The van der Waals surface area contributed by atoms with E-state index < -0.39 is 0 Å². The minimum Gasteiger partial charge on any atom is -0.497 e. The molecule has 21 heavy (non-hydrogen) atoms. The lowest BCUT2D eigenvalue weighted by Gasteiger charge is -2.21. The Bertz CT molecular complexity index is 479. The van der Waals surface area contributed by atoms with Gasteiger partial charge in [-0.25, -0.2) is 0 Å². The number of nitrogens with two attached hydrogens (primary N) is 1. The van der Waals surface area contributed by atoms with E-state index in [2.05, 4.69) is 5.32 Å². The highest BCUT2D eigenvalue weighted by molar-refractivity contribution is 5.78. The van der Waals surface area contributed by atoms with Crippen LogP contribution in [0.1, 0.15) is 33.3 Å². The Labute approximate surface area is 126 Å². The van der Waals surface area contributed by atoms with Gasteiger partial charge in [0.1, 0.15) is 11.5 Å². The van der Waals surface area contributed by atoms with Crippen LogP contribution >= 0.6 is 0 Å². The van der Waals surface area contributed by atoms with E-state index >= 15 is 0 Å². The predicted octanol–water partition coefficient (Wildman–Crippen LogP) is 1.88. The summed E-state index contributed by atoms with van der Waals surface area (Å²) in [5.41, 5.74) is 6.53. The summed E-state index contributed by atoms with van der Waals surface area (Å²) in [6.45, 7) is 7.69. The van der Waals surface area contributed by atoms with Gasteiger partial charge in [0.2, 0.25) is 0 Å². The second-order valence-electron chi connectivity index (χ2n) is 6.24. The fourth-order valence-corrected chi connectivity index (χ4v) is 1.91. The van der Waals surface area contributed by atoms with Crippen LogP contribution in [-0.4, -0.2) is 31.2 Å². The van der Waals surface area contributed by atoms with Crippen LogP contribution in [0.15, 0.2) is 18.2 Å². The van der Waals surface area contributed by atoms with E-state index in [1.807, 2.05) is 39.8 Å². The first-order valence-corrected chi connectivity index (χ1v) is 7.07. The van der Waals surface area contributed by atoms with Crippen LogP contribution in [0.5, 0.6) is 11.5 Å². The number of nitrogens with one attached hydrogen (secondary N) is 1. The number of hydrogen-bond acceptors (Lipinski definition) is 4. The van der Waals surface area contributed by atoms with Gasteiger partial charge >= 0.3 is 0 Å². The van der Waals surface area contributed by atoms with Crippen molar-refractivity contribution in [1.82, 2.24) is 5.32 Å². The van der Waals surface area contributed by atoms with Gasteiger partial charge in [0, 0.05) is 17.6 Å². The van der Waals surface area contributed by atoms with E-state index in [-0.39, 0.29) is 24.1 Å². The summed E-state index contributed by atoms with van der Waals surface area (Å²) in [5, 5.41) is 2.86. The van der Waals surface area contributed by atoms with Crippen LogP contribution in [0, 0.1) is 0 Å². The molecule has 0 saturated heterocycles. The van der Waals surface area contributed by atoms with Gasteiger partial charge in [-0.1, -0.05) is 6.07 Å². The number of carbonyl (C=O) groups is 1. The standard InChI is InChI=1S/C16H26N2O3/c1-11(17)8-12-6-7-13(20-5)9-14(12)21-10-15(19)18-16(2,3)4/h6-7,9,11H,8,10,17H2,1-5H3,(H,18,19). The highest BCUT2D eigenvalue weighted by Gasteiger charge is 2.15. The first kappa shape index (κ1) is 17.3. The molecule has 3 N–H and O–H groups in total. The highest BCUT2D eigenvalue weighted by atomic mass is 16.5. The zero-order valence-corrected chi connectivity index (χ0v) is 13.5. The number of carbonyl (C=O) groups excluding carboxylic acids is 1. The Morgan fingerprint density at radius 1 is 1.38 bits per heavy atom. The fraction of sp³-hybridized carbons (Fsp3) is 0.562. The molecule has 0 aliphatic carbocycles. The van der Waals surface area contributed by atoms with Gasteiger partial charge < -0.3 is 20.5 Å². The molecule has 0 heterocycles. The van der Waals surface area contributed by atoms with Crippen LogP contribution in [0.3, 0.4) is 0 Å². The molecule has 1 atom stereocenters. The van der Waals surface area contributed by atoms with E-state index in [4.69, 9.17) is 15.2 Å². The third-order valence-electron chi connectivity index (χ3n) is 2.69. The van der Waals surface area contributed by atoms with Gasteiger partial charge in [0.25, 0.3) is 5.91 Å². The summed E-state index contributed by atoms with van der Waals surface area (Å²) >= 11 is 0. The Morgan fingerprint density at radius 2 is 2.05 bits per heavy atom. The van der Waals surface area contributed by atoms with Crippen molar-refractivity contribution in [2.45, 2.75) is 45.7 Å². The zero-order chi connectivity index (χ0) is 16.0. The number of ether oxygens (including phenoxy) is 2.